The van der Waals surface area contributed by atoms with Crippen LogP contribution in [-0.4, -0.2) is 37.4 Å². The molecule has 9 nitrogen and oxygen atoms in total. The first kappa shape index (κ1) is 20.4. The van der Waals surface area contributed by atoms with Gasteiger partial charge in [0.1, 0.15) is 0 Å². The third-order valence-electron chi connectivity index (χ3n) is 5.80. The number of carbonyl (C=O) groups excluding carboxylic acids is 1. The van der Waals surface area contributed by atoms with Crippen molar-refractivity contribution in [3.05, 3.63) is 51.4 Å². The molecule has 5 rings (SSSR count). The lowest BCUT2D eigenvalue weighted by atomic mass is 9.80. The number of nitrogens with one attached hydrogen (secondary N) is 2. The lowest BCUT2D eigenvalue weighted by Gasteiger charge is -2.29. The smallest absolute Gasteiger partial charge is 0.219 e. The highest BCUT2D eigenvalue weighted by molar-refractivity contribution is 7.10. The Morgan fingerprint density at radius 1 is 1.06 bits per heavy atom. The van der Waals surface area contributed by atoms with Crippen molar-refractivity contribution in [3.8, 4) is 17.2 Å². The van der Waals surface area contributed by atoms with Gasteiger partial charge < -0.3 is 24.8 Å². The fraction of sp³-hybridized carbons (Fsp3) is 0.318. The molecule has 3 heterocycles. The van der Waals surface area contributed by atoms with Crippen LogP contribution in [0.4, 0.5) is 11.6 Å². The van der Waals surface area contributed by atoms with E-state index in [9.17, 15) is 4.79 Å². The Labute approximate surface area is 188 Å². The van der Waals surface area contributed by atoms with Crippen LogP contribution in [0.15, 0.2) is 45.5 Å². The number of anilines is 2. The zero-order chi connectivity index (χ0) is 22.2. The maximum absolute atomic E-state index is 13.5. The van der Waals surface area contributed by atoms with Gasteiger partial charge in [0.15, 0.2) is 17.3 Å². The maximum atomic E-state index is 13.5. The first-order chi connectivity index (χ1) is 15.6. The molecular weight excluding hydrogens is 432 g/mol. The maximum Gasteiger partial charge on any atom is 0.219 e. The molecule has 0 amide bonds. The number of aromatic nitrogens is 2. The molecule has 0 saturated carbocycles. The average molecular weight is 455 g/mol. The Kier molecular flexibility index (Phi) is 5.22. The normalized spacial score (nSPS) is 19.9. The summed E-state index contributed by atoms with van der Waals surface area (Å²) in [5, 5.41) is 16.6. The van der Waals surface area contributed by atoms with Gasteiger partial charge in [0, 0.05) is 28.5 Å². The van der Waals surface area contributed by atoms with Gasteiger partial charge in [-0.05, 0) is 45.9 Å². The minimum Gasteiger partial charge on any atom is -0.493 e. The van der Waals surface area contributed by atoms with Crippen LogP contribution in [0.2, 0.25) is 0 Å². The van der Waals surface area contributed by atoms with Crippen LogP contribution in [0.1, 0.15) is 35.2 Å². The molecular formula is C22H22N4O5S. The second-order valence-corrected chi connectivity index (χ2v) is 8.54. The number of carbonyl (C=O) groups is 1. The van der Waals surface area contributed by atoms with Crippen LogP contribution in [0.25, 0.3) is 0 Å². The summed E-state index contributed by atoms with van der Waals surface area (Å²) in [4.78, 5) is 14.7. The molecule has 2 N–H and O–H groups in total. The predicted molar refractivity (Wildman–Crippen MR) is 119 cm³/mol. The fourth-order valence-electron chi connectivity index (χ4n) is 4.34. The summed E-state index contributed by atoms with van der Waals surface area (Å²) < 4.78 is 21.5. The number of benzene rings is 1. The van der Waals surface area contributed by atoms with E-state index in [4.69, 9.17) is 18.8 Å². The number of ether oxygens (including phenoxy) is 3. The lowest BCUT2D eigenvalue weighted by Crippen LogP contribution is -2.26. The van der Waals surface area contributed by atoms with E-state index in [0.717, 1.165) is 11.3 Å². The lowest BCUT2D eigenvalue weighted by molar-refractivity contribution is -0.116. The van der Waals surface area contributed by atoms with Gasteiger partial charge in [0.2, 0.25) is 17.4 Å². The quantitative estimate of drug-likeness (QED) is 0.588. The SMILES string of the molecule is COc1cc(C2Nc3nonc3NC3=C2C(=O)CC(c2cccs2)C3)cc(OC)c1OC. The third-order valence-corrected chi connectivity index (χ3v) is 6.84. The topological polar surface area (TPSA) is 108 Å². The van der Waals surface area contributed by atoms with E-state index in [0.29, 0.717) is 47.3 Å². The van der Waals surface area contributed by atoms with Crippen molar-refractivity contribution in [2.45, 2.75) is 24.8 Å². The minimum atomic E-state index is -0.504. The molecule has 1 aromatic carbocycles. The summed E-state index contributed by atoms with van der Waals surface area (Å²) in [6.07, 6.45) is 1.11. The van der Waals surface area contributed by atoms with Crippen molar-refractivity contribution < 1.29 is 23.6 Å². The number of allylic oxidation sites excluding steroid dienone is 1. The number of thiophene rings is 1. The summed E-state index contributed by atoms with van der Waals surface area (Å²) in [6, 6.07) is 7.25. The van der Waals surface area contributed by atoms with Gasteiger partial charge in [-0.2, -0.15) is 0 Å². The van der Waals surface area contributed by atoms with E-state index in [1.54, 1.807) is 32.7 Å². The van der Waals surface area contributed by atoms with Crippen LogP contribution in [0.3, 0.4) is 0 Å². The van der Waals surface area contributed by atoms with Crippen molar-refractivity contribution in [2.24, 2.45) is 0 Å². The molecule has 1 aliphatic carbocycles. The second-order valence-electron chi connectivity index (χ2n) is 7.56. The number of Topliss-reactive ketones (excluding diaryl/α,β-unsaturated/α-hetero) is 1. The highest BCUT2D eigenvalue weighted by atomic mass is 32.1. The summed E-state index contributed by atoms with van der Waals surface area (Å²) in [5.41, 5.74) is 2.22. The van der Waals surface area contributed by atoms with Crippen molar-refractivity contribution in [1.82, 2.24) is 10.3 Å². The Bertz CT molecular complexity index is 1160. The number of methoxy groups -OCH3 is 3. The second kappa shape index (κ2) is 8.19. The summed E-state index contributed by atoms with van der Waals surface area (Å²) in [5.74, 6) is 2.53. The summed E-state index contributed by atoms with van der Waals surface area (Å²) in [6.45, 7) is 0. The molecule has 32 heavy (non-hydrogen) atoms. The van der Waals surface area contributed by atoms with Crippen LogP contribution >= 0.6 is 11.3 Å². The van der Waals surface area contributed by atoms with Crippen LogP contribution in [-0.2, 0) is 4.79 Å². The molecule has 2 atom stereocenters. The molecule has 0 fully saturated rings. The molecule has 2 aliphatic rings. The third kappa shape index (κ3) is 3.36. The molecule has 1 aliphatic heterocycles. The summed E-state index contributed by atoms with van der Waals surface area (Å²) >= 11 is 1.66. The van der Waals surface area contributed by atoms with E-state index in [2.05, 4.69) is 27.0 Å². The first-order valence-electron chi connectivity index (χ1n) is 10.1. The zero-order valence-electron chi connectivity index (χ0n) is 17.8. The van der Waals surface area contributed by atoms with E-state index in [1.165, 1.54) is 4.88 Å². The number of hydrogen-bond acceptors (Lipinski definition) is 10. The highest BCUT2D eigenvalue weighted by Gasteiger charge is 2.38. The number of nitrogens with zero attached hydrogens (tertiary/aromatic N) is 2. The molecule has 0 radical (unpaired) electrons. The van der Waals surface area contributed by atoms with Crippen LogP contribution < -0.4 is 24.8 Å². The number of ketones is 1. The largest absolute Gasteiger partial charge is 0.493 e. The van der Waals surface area contributed by atoms with Gasteiger partial charge in [-0.15, -0.1) is 11.3 Å². The number of rotatable bonds is 5. The Hall–Kier alpha value is -3.53. The molecule has 0 bridgehead atoms. The molecule has 0 saturated heterocycles. The van der Waals surface area contributed by atoms with E-state index in [-0.39, 0.29) is 11.7 Å². The van der Waals surface area contributed by atoms with Gasteiger partial charge in [0.05, 0.1) is 27.4 Å². The van der Waals surface area contributed by atoms with Gasteiger partial charge in [-0.1, -0.05) is 6.07 Å². The van der Waals surface area contributed by atoms with Crippen molar-refractivity contribution in [1.29, 1.82) is 0 Å². The predicted octanol–water partition coefficient (Wildman–Crippen LogP) is 4.14. The first-order valence-corrected chi connectivity index (χ1v) is 11.0. The van der Waals surface area contributed by atoms with Gasteiger partial charge in [-0.25, -0.2) is 4.63 Å². The molecule has 0 spiro atoms. The minimum absolute atomic E-state index is 0.0606. The average Bonchev–Trinajstić information content (AvgIpc) is 3.47. The Morgan fingerprint density at radius 2 is 1.81 bits per heavy atom. The fourth-order valence-corrected chi connectivity index (χ4v) is 5.17. The molecule has 2 aromatic heterocycles. The number of hydrogen-bond donors (Lipinski definition) is 2. The standard InChI is InChI=1S/C22H22N4O5S/c1-28-15-9-12(10-16(29-2)20(15)30-3)19-18-13(23-21-22(24-19)26-31-25-21)7-11(8-14(18)27)17-5-4-6-32-17/h4-6,9-11,19H,7-8H2,1-3H3,(H,23,25)(H,24,26). The van der Waals surface area contributed by atoms with Gasteiger partial charge in [0.25, 0.3) is 0 Å². The monoisotopic (exact) mass is 454 g/mol. The van der Waals surface area contributed by atoms with Crippen molar-refractivity contribution >= 4 is 28.8 Å². The van der Waals surface area contributed by atoms with Crippen molar-refractivity contribution in [3.63, 3.8) is 0 Å². The Balaban J connectivity index is 1.64. The van der Waals surface area contributed by atoms with E-state index >= 15 is 0 Å². The van der Waals surface area contributed by atoms with Crippen molar-refractivity contribution in [2.75, 3.05) is 32.0 Å². The summed E-state index contributed by atoms with van der Waals surface area (Å²) in [7, 11) is 4.67. The van der Waals surface area contributed by atoms with E-state index in [1.807, 2.05) is 23.6 Å². The zero-order valence-corrected chi connectivity index (χ0v) is 18.6. The van der Waals surface area contributed by atoms with E-state index < -0.39 is 6.04 Å². The van der Waals surface area contributed by atoms with Gasteiger partial charge >= 0.3 is 0 Å². The van der Waals surface area contributed by atoms with Gasteiger partial charge in [-0.3, -0.25) is 4.79 Å². The highest BCUT2D eigenvalue weighted by Crippen LogP contribution is 2.47. The molecule has 166 valence electrons. The molecule has 10 heteroatoms. The van der Waals surface area contributed by atoms with Crippen LogP contribution in [0, 0.1) is 0 Å². The van der Waals surface area contributed by atoms with Crippen LogP contribution in [0.5, 0.6) is 17.2 Å². The number of fused-ring (bicyclic) bond motifs is 1. The molecule has 2 unspecified atom stereocenters. The molecule has 3 aromatic rings. The Morgan fingerprint density at radius 3 is 2.47 bits per heavy atom.